The van der Waals surface area contributed by atoms with Crippen LogP contribution in [0, 0.1) is 17.8 Å². The summed E-state index contributed by atoms with van der Waals surface area (Å²) in [5.41, 5.74) is 1.29. The standard InChI is InChI=1S/C22H26O8/c1-6-13(8-28-12(5)23)22(27)29-19-10(3)16-14(24)7-9(2)15(16)20-17(18(19)25)11(4)21(26)30-20/h6-7,14-20,24-25H,3-4,8H2,1-2,5H3. The van der Waals surface area contributed by atoms with Gasteiger partial charge in [0.15, 0.2) is 0 Å². The van der Waals surface area contributed by atoms with Crippen LogP contribution in [0.5, 0.6) is 0 Å². The van der Waals surface area contributed by atoms with Crippen LogP contribution in [0.3, 0.4) is 0 Å². The fraction of sp³-hybridized carbons (Fsp3) is 0.500. The Morgan fingerprint density at radius 3 is 2.50 bits per heavy atom. The van der Waals surface area contributed by atoms with Gasteiger partial charge in [-0.25, -0.2) is 9.59 Å². The third kappa shape index (κ3) is 3.61. The van der Waals surface area contributed by atoms with Crippen LogP contribution >= 0.6 is 0 Å². The minimum absolute atomic E-state index is 0.0846. The van der Waals surface area contributed by atoms with Gasteiger partial charge in [0.1, 0.15) is 24.9 Å². The molecule has 30 heavy (non-hydrogen) atoms. The predicted molar refractivity (Wildman–Crippen MR) is 105 cm³/mol. The molecule has 0 bridgehead atoms. The lowest BCUT2D eigenvalue weighted by atomic mass is 9.79. The number of carbonyl (C=O) groups excluding carboxylic acids is 3. The molecule has 8 nitrogen and oxygen atoms in total. The Hall–Kier alpha value is -2.71. The van der Waals surface area contributed by atoms with Crippen molar-refractivity contribution in [1.82, 2.24) is 0 Å². The lowest BCUT2D eigenvalue weighted by Crippen LogP contribution is -2.41. The van der Waals surface area contributed by atoms with Gasteiger partial charge in [0.2, 0.25) is 0 Å². The Balaban J connectivity index is 1.93. The molecule has 1 aliphatic heterocycles. The van der Waals surface area contributed by atoms with Crippen molar-refractivity contribution >= 4 is 17.9 Å². The molecule has 0 spiro atoms. The van der Waals surface area contributed by atoms with Gasteiger partial charge in [-0.1, -0.05) is 30.9 Å². The summed E-state index contributed by atoms with van der Waals surface area (Å²) < 4.78 is 15.9. The number of esters is 3. The molecule has 162 valence electrons. The summed E-state index contributed by atoms with van der Waals surface area (Å²) in [4.78, 5) is 36.0. The average Bonchev–Trinajstić information content (AvgIpc) is 3.10. The molecule has 2 N–H and O–H groups in total. The zero-order valence-corrected chi connectivity index (χ0v) is 17.2. The van der Waals surface area contributed by atoms with Gasteiger partial charge in [-0.15, -0.1) is 0 Å². The Kier molecular flexibility index (Phi) is 6.01. The van der Waals surface area contributed by atoms with Crippen LogP contribution in [-0.4, -0.2) is 59.1 Å². The molecule has 0 aromatic rings. The highest BCUT2D eigenvalue weighted by Gasteiger charge is 2.58. The molecule has 2 fully saturated rings. The van der Waals surface area contributed by atoms with E-state index < -0.39 is 60.1 Å². The first-order valence-corrected chi connectivity index (χ1v) is 9.70. The highest BCUT2D eigenvalue weighted by atomic mass is 16.6. The van der Waals surface area contributed by atoms with E-state index in [9.17, 15) is 24.6 Å². The maximum atomic E-state index is 12.7. The SMILES string of the molecule is C=C1C(=O)OC2C1C(O)C(OC(=O)C(=CC)COC(C)=O)C(=C)C1C(O)C=C(C)C21. The first-order valence-electron chi connectivity index (χ1n) is 9.70. The average molecular weight is 418 g/mol. The maximum absolute atomic E-state index is 12.7. The molecule has 0 aromatic carbocycles. The van der Waals surface area contributed by atoms with Crippen molar-refractivity contribution in [2.45, 2.75) is 45.2 Å². The summed E-state index contributed by atoms with van der Waals surface area (Å²) in [7, 11) is 0. The van der Waals surface area contributed by atoms with Crippen molar-refractivity contribution in [2.75, 3.05) is 6.61 Å². The summed E-state index contributed by atoms with van der Waals surface area (Å²) in [5.74, 6) is -3.82. The number of rotatable bonds is 4. The van der Waals surface area contributed by atoms with E-state index in [4.69, 9.17) is 14.2 Å². The number of carbonyl (C=O) groups is 3. The highest BCUT2D eigenvalue weighted by molar-refractivity contribution is 5.91. The van der Waals surface area contributed by atoms with Crippen LogP contribution in [0.15, 0.2) is 47.6 Å². The number of fused-ring (bicyclic) bond motifs is 3. The third-order valence-electron chi connectivity index (χ3n) is 6.08. The number of ether oxygens (including phenoxy) is 3. The van der Waals surface area contributed by atoms with Crippen LogP contribution in [0.1, 0.15) is 20.8 Å². The van der Waals surface area contributed by atoms with Crippen LogP contribution in [0.4, 0.5) is 0 Å². The van der Waals surface area contributed by atoms with E-state index in [0.29, 0.717) is 5.57 Å². The van der Waals surface area contributed by atoms with Gasteiger partial charge in [-0.05, 0) is 19.4 Å². The molecular weight excluding hydrogens is 392 g/mol. The second kappa shape index (κ2) is 8.20. The van der Waals surface area contributed by atoms with E-state index in [1.807, 2.05) is 6.92 Å². The molecule has 1 saturated carbocycles. The van der Waals surface area contributed by atoms with Gasteiger partial charge in [0.25, 0.3) is 0 Å². The Morgan fingerprint density at radius 1 is 1.23 bits per heavy atom. The molecule has 2 aliphatic carbocycles. The van der Waals surface area contributed by atoms with E-state index in [2.05, 4.69) is 13.2 Å². The summed E-state index contributed by atoms with van der Waals surface area (Å²) in [6.07, 6.45) is -1.14. The monoisotopic (exact) mass is 418 g/mol. The van der Waals surface area contributed by atoms with Crippen molar-refractivity contribution in [3.8, 4) is 0 Å². The molecule has 3 rings (SSSR count). The highest BCUT2D eigenvalue weighted by Crippen LogP contribution is 2.51. The molecule has 1 saturated heterocycles. The van der Waals surface area contributed by atoms with Gasteiger partial charge < -0.3 is 24.4 Å². The molecule has 0 amide bonds. The van der Waals surface area contributed by atoms with Crippen molar-refractivity contribution in [2.24, 2.45) is 17.8 Å². The van der Waals surface area contributed by atoms with Crippen LogP contribution < -0.4 is 0 Å². The second-order valence-corrected chi connectivity index (χ2v) is 7.86. The van der Waals surface area contributed by atoms with E-state index in [1.165, 1.54) is 13.0 Å². The van der Waals surface area contributed by atoms with Gasteiger partial charge in [0.05, 0.1) is 17.6 Å². The Labute approximate surface area is 174 Å². The van der Waals surface area contributed by atoms with Crippen molar-refractivity contribution in [3.05, 3.63) is 47.6 Å². The third-order valence-corrected chi connectivity index (χ3v) is 6.08. The summed E-state index contributed by atoms with van der Waals surface area (Å²) in [6.45, 7) is 12.1. The number of hydrogen-bond acceptors (Lipinski definition) is 8. The summed E-state index contributed by atoms with van der Waals surface area (Å²) in [6, 6.07) is 0. The Bertz CT molecular complexity index is 866. The van der Waals surface area contributed by atoms with E-state index in [-0.39, 0.29) is 17.8 Å². The van der Waals surface area contributed by atoms with E-state index in [1.54, 1.807) is 13.0 Å². The predicted octanol–water partition coefficient (Wildman–Crippen LogP) is 0.989. The quantitative estimate of drug-likeness (QED) is 0.300. The minimum atomic E-state index is -1.34. The lowest BCUT2D eigenvalue weighted by molar-refractivity contribution is -0.151. The molecular formula is C22H26O8. The van der Waals surface area contributed by atoms with Crippen molar-refractivity contribution < 1.29 is 38.8 Å². The minimum Gasteiger partial charge on any atom is -0.461 e. The number of aliphatic hydroxyl groups excluding tert-OH is 2. The van der Waals surface area contributed by atoms with Crippen molar-refractivity contribution in [3.63, 3.8) is 0 Å². The number of aliphatic hydroxyl groups is 2. The second-order valence-electron chi connectivity index (χ2n) is 7.86. The molecule has 1 heterocycles. The zero-order chi connectivity index (χ0) is 22.3. The fourth-order valence-electron chi connectivity index (χ4n) is 4.57. The molecule has 8 heteroatoms. The van der Waals surface area contributed by atoms with Gasteiger partial charge in [-0.3, -0.25) is 4.79 Å². The van der Waals surface area contributed by atoms with Gasteiger partial charge in [0, 0.05) is 24.3 Å². The summed E-state index contributed by atoms with van der Waals surface area (Å²) >= 11 is 0. The number of hydrogen-bond donors (Lipinski definition) is 2. The fourth-order valence-corrected chi connectivity index (χ4v) is 4.57. The van der Waals surface area contributed by atoms with Gasteiger partial charge in [-0.2, -0.15) is 0 Å². The van der Waals surface area contributed by atoms with Crippen LogP contribution in [0.25, 0.3) is 0 Å². The van der Waals surface area contributed by atoms with Crippen LogP contribution in [-0.2, 0) is 28.6 Å². The summed E-state index contributed by atoms with van der Waals surface area (Å²) in [5, 5.41) is 21.7. The van der Waals surface area contributed by atoms with Crippen molar-refractivity contribution in [1.29, 1.82) is 0 Å². The smallest absolute Gasteiger partial charge is 0.337 e. The van der Waals surface area contributed by atoms with Gasteiger partial charge >= 0.3 is 17.9 Å². The molecule has 7 atom stereocenters. The molecule has 3 aliphatic rings. The first-order chi connectivity index (χ1) is 14.1. The zero-order valence-electron chi connectivity index (χ0n) is 17.2. The number of allylic oxidation sites excluding steroid dienone is 1. The molecule has 0 aromatic heterocycles. The molecule has 0 radical (unpaired) electrons. The first kappa shape index (κ1) is 22.0. The largest absolute Gasteiger partial charge is 0.461 e. The topological polar surface area (TPSA) is 119 Å². The van der Waals surface area contributed by atoms with E-state index in [0.717, 1.165) is 5.57 Å². The maximum Gasteiger partial charge on any atom is 0.337 e. The van der Waals surface area contributed by atoms with Crippen LogP contribution in [0.2, 0.25) is 0 Å². The molecule has 7 unspecified atom stereocenters. The van der Waals surface area contributed by atoms with E-state index >= 15 is 0 Å². The lowest BCUT2D eigenvalue weighted by Gasteiger charge is -2.29. The Morgan fingerprint density at radius 2 is 1.90 bits per heavy atom. The normalized spacial score (nSPS) is 35.8.